The smallest absolute Gasteiger partial charge is 0.123 e. The molecule has 2 aliphatic heterocycles. The zero-order valence-electron chi connectivity index (χ0n) is 8.83. The molecule has 3 rings (SSSR count). The van der Waals surface area contributed by atoms with E-state index in [0.717, 1.165) is 32.0 Å². The Morgan fingerprint density at radius 2 is 2.40 bits per heavy atom. The highest BCUT2D eigenvalue weighted by Gasteiger charge is 2.23. The number of aromatic nitrogens is 2. The van der Waals surface area contributed by atoms with Crippen molar-refractivity contribution in [2.75, 3.05) is 19.8 Å². The molecule has 15 heavy (non-hydrogen) atoms. The number of nitrogens with zero attached hydrogens (tertiary/aromatic N) is 1. The normalized spacial score (nSPS) is 31.2. The first-order chi connectivity index (χ1) is 7.43. The van der Waals surface area contributed by atoms with E-state index < -0.39 is 0 Å². The molecule has 2 saturated heterocycles. The third-order valence-electron chi connectivity index (χ3n) is 3.38. The highest BCUT2D eigenvalue weighted by Crippen LogP contribution is 2.26. The number of hydrogen-bond acceptors (Lipinski definition) is 3. The van der Waals surface area contributed by atoms with Crippen LogP contribution >= 0.6 is 0 Å². The molecule has 0 saturated carbocycles. The van der Waals surface area contributed by atoms with E-state index in [1.54, 1.807) is 0 Å². The molecule has 4 nitrogen and oxygen atoms in total. The van der Waals surface area contributed by atoms with E-state index in [1.165, 1.54) is 18.5 Å². The van der Waals surface area contributed by atoms with Crippen LogP contribution in [-0.4, -0.2) is 29.7 Å². The molecule has 82 valence electrons. The van der Waals surface area contributed by atoms with Gasteiger partial charge in [0.2, 0.25) is 0 Å². The average Bonchev–Trinajstić information content (AvgIpc) is 3.02. The monoisotopic (exact) mass is 207 g/mol. The zero-order valence-corrected chi connectivity index (χ0v) is 8.83. The van der Waals surface area contributed by atoms with Crippen molar-refractivity contribution in [3.05, 3.63) is 17.7 Å². The Hall–Kier alpha value is -0.870. The van der Waals surface area contributed by atoms with Gasteiger partial charge in [-0.1, -0.05) is 0 Å². The molecule has 0 amide bonds. The lowest BCUT2D eigenvalue weighted by molar-refractivity contribution is 0.193. The van der Waals surface area contributed by atoms with Crippen LogP contribution in [0, 0.1) is 0 Å². The summed E-state index contributed by atoms with van der Waals surface area (Å²) < 4.78 is 5.38. The second-order valence-electron chi connectivity index (χ2n) is 4.43. The van der Waals surface area contributed by atoms with Gasteiger partial charge in [0.1, 0.15) is 5.82 Å². The predicted octanol–water partition coefficient (Wildman–Crippen LogP) is 1.34. The number of aromatic amines is 1. The van der Waals surface area contributed by atoms with Gasteiger partial charge in [0, 0.05) is 24.4 Å². The average molecular weight is 207 g/mol. The number of ether oxygens (including phenoxy) is 1. The van der Waals surface area contributed by atoms with Crippen molar-refractivity contribution >= 4 is 0 Å². The van der Waals surface area contributed by atoms with Gasteiger partial charge in [-0.15, -0.1) is 0 Å². The fraction of sp³-hybridized carbons (Fsp3) is 0.727. The number of hydrogen-bond donors (Lipinski definition) is 2. The van der Waals surface area contributed by atoms with E-state index in [-0.39, 0.29) is 0 Å². The van der Waals surface area contributed by atoms with Crippen LogP contribution in [0.15, 0.2) is 6.20 Å². The molecule has 1 aromatic heterocycles. The molecule has 1 aromatic rings. The van der Waals surface area contributed by atoms with E-state index in [2.05, 4.69) is 15.3 Å². The van der Waals surface area contributed by atoms with Crippen LogP contribution in [0.3, 0.4) is 0 Å². The fourth-order valence-corrected chi connectivity index (χ4v) is 2.43. The van der Waals surface area contributed by atoms with Crippen LogP contribution in [-0.2, 0) is 4.74 Å². The Balaban J connectivity index is 1.74. The van der Waals surface area contributed by atoms with Crippen molar-refractivity contribution in [2.45, 2.75) is 31.2 Å². The maximum absolute atomic E-state index is 5.38. The largest absolute Gasteiger partial charge is 0.381 e. The predicted molar refractivity (Wildman–Crippen MR) is 56.7 cm³/mol. The molecular formula is C11H17N3O. The van der Waals surface area contributed by atoms with Gasteiger partial charge in [0.25, 0.3) is 0 Å². The van der Waals surface area contributed by atoms with Crippen molar-refractivity contribution in [3.8, 4) is 0 Å². The number of nitrogens with one attached hydrogen (secondary N) is 2. The van der Waals surface area contributed by atoms with Crippen molar-refractivity contribution < 1.29 is 4.74 Å². The maximum Gasteiger partial charge on any atom is 0.123 e. The van der Waals surface area contributed by atoms with Crippen molar-refractivity contribution in [3.63, 3.8) is 0 Å². The standard InChI is InChI=1S/C11H17N3O/c1-2-9(12-4-1)11-13-6-10(14-11)8-3-5-15-7-8/h6,8-9,12H,1-5,7H2,(H,13,14). The Morgan fingerprint density at radius 3 is 3.13 bits per heavy atom. The third kappa shape index (κ3) is 1.79. The molecular weight excluding hydrogens is 190 g/mol. The number of H-pyrrole nitrogens is 1. The minimum absolute atomic E-state index is 0.445. The lowest BCUT2D eigenvalue weighted by Gasteiger charge is -2.07. The van der Waals surface area contributed by atoms with Gasteiger partial charge in [0.15, 0.2) is 0 Å². The Bertz CT molecular complexity index is 294. The summed E-state index contributed by atoms with van der Waals surface area (Å²) in [6.07, 6.45) is 5.57. The van der Waals surface area contributed by atoms with Crippen molar-refractivity contribution in [1.82, 2.24) is 15.3 Å². The van der Waals surface area contributed by atoms with Gasteiger partial charge in [-0.05, 0) is 25.8 Å². The highest BCUT2D eigenvalue weighted by atomic mass is 16.5. The first-order valence-corrected chi connectivity index (χ1v) is 5.79. The summed E-state index contributed by atoms with van der Waals surface area (Å²) in [4.78, 5) is 7.91. The van der Waals surface area contributed by atoms with Crippen LogP contribution in [0.1, 0.15) is 42.7 Å². The fourth-order valence-electron chi connectivity index (χ4n) is 2.43. The van der Waals surface area contributed by atoms with Crippen LogP contribution in [0.2, 0.25) is 0 Å². The summed E-state index contributed by atoms with van der Waals surface area (Å²) in [7, 11) is 0. The maximum atomic E-state index is 5.38. The molecule has 2 unspecified atom stereocenters. The van der Waals surface area contributed by atoms with Crippen LogP contribution in [0.4, 0.5) is 0 Å². The minimum atomic E-state index is 0.445. The lowest BCUT2D eigenvalue weighted by atomic mass is 10.1. The summed E-state index contributed by atoms with van der Waals surface area (Å²) in [6.45, 7) is 2.85. The van der Waals surface area contributed by atoms with Gasteiger partial charge >= 0.3 is 0 Å². The quantitative estimate of drug-likeness (QED) is 0.769. The molecule has 0 aliphatic carbocycles. The Morgan fingerprint density at radius 1 is 1.40 bits per heavy atom. The van der Waals surface area contributed by atoms with Gasteiger partial charge in [0.05, 0.1) is 12.6 Å². The number of rotatable bonds is 2. The molecule has 2 aliphatic rings. The third-order valence-corrected chi connectivity index (χ3v) is 3.38. The second kappa shape index (κ2) is 3.94. The van der Waals surface area contributed by atoms with Crippen molar-refractivity contribution in [2.24, 2.45) is 0 Å². The Labute approximate surface area is 89.4 Å². The molecule has 0 aromatic carbocycles. The first kappa shape index (κ1) is 9.36. The molecule has 2 atom stereocenters. The summed E-state index contributed by atoms with van der Waals surface area (Å²) in [6, 6.07) is 0.445. The van der Waals surface area contributed by atoms with Crippen LogP contribution < -0.4 is 5.32 Å². The number of imidazole rings is 1. The minimum Gasteiger partial charge on any atom is -0.381 e. The second-order valence-corrected chi connectivity index (χ2v) is 4.43. The first-order valence-electron chi connectivity index (χ1n) is 5.79. The van der Waals surface area contributed by atoms with E-state index in [1.807, 2.05) is 6.20 Å². The van der Waals surface area contributed by atoms with E-state index in [0.29, 0.717) is 12.0 Å². The molecule has 0 radical (unpaired) electrons. The Kier molecular flexibility index (Phi) is 2.46. The lowest BCUT2D eigenvalue weighted by Crippen LogP contribution is -2.14. The van der Waals surface area contributed by atoms with E-state index in [4.69, 9.17) is 4.74 Å². The zero-order chi connectivity index (χ0) is 10.1. The summed E-state index contributed by atoms with van der Waals surface area (Å²) >= 11 is 0. The SMILES string of the molecule is c1nc(C2CCCN2)[nH]c1C1CCOC1. The van der Waals surface area contributed by atoms with E-state index in [9.17, 15) is 0 Å². The molecule has 2 N–H and O–H groups in total. The van der Waals surface area contributed by atoms with Gasteiger partial charge < -0.3 is 15.0 Å². The molecule has 4 heteroatoms. The summed E-state index contributed by atoms with van der Waals surface area (Å²) in [5.74, 6) is 1.64. The highest BCUT2D eigenvalue weighted by molar-refractivity contribution is 5.11. The van der Waals surface area contributed by atoms with Crippen LogP contribution in [0.25, 0.3) is 0 Å². The van der Waals surface area contributed by atoms with Crippen molar-refractivity contribution in [1.29, 1.82) is 0 Å². The van der Waals surface area contributed by atoms with Gasteiger partial charge in [-0.2, -0.15) is 0 Å². The van der Waals surface area contributed by atoms with Gasteiger partial charge in [-0.25, -0.2) is 4.98 Å². The molecule has 3 heterocycles. The molecule has 2 fully saturated rings. The molecule has 0 bridgehead atoms. The summed E-state index contributed by atoms with van der Waals surface area (Å²) in [5, 5.41) is 3.45. The molecule has 0 spiro atoms. The topological polar surface area (TPSA) is 49.9 Å². The van der Waals surface area contributed by atoms with Gasteiger partial charge in [-0.3, -0.25) is 0 Å². The van der Waals surface area contributed by atoms with Crippen LogP contribution in [0.5, 0.6) is 0 Å². The van der Waals surface area contributed by atoms with E-state index >= 15 is 0 Å². The summed E-state index contributed by atoms with van der Waals surface area (Å²) in [5.41, 5.74) is 1.25.